The van der Waals surface area contributed by atoms with E-state index in [0.29, 0.717) is 5.75 Å². The number of benzene rings is 1. The molecule has 0 radical (unpaired) electrons. The summed E-state index contributed by atoms with van der Waals surface area (Å²) in [6, 6.07) is 4.13. The SMILES string of the molecule is COc1cc(OCCO[N+](=O)[O-])ccc1C(=O)OCCl. The van der Waals surface area contributed by atoms with Crippen molar-refractivity contribution in [1.29, 1.82) is 0 Å². The largest absolute Gasteiger partial charge is 0.496 e. The molecule has 0 unspecified atom stereocenters. The van der Waals surface area contributed by atoms with Gasteiger partial charge in [-0.25, -0.2) is 4.79 Å². The first kappa shape index (κ1) is 15.8. The van der Waals surface area contributed by atoms with Gasteiger partial charge in [-0.15, -0.1) is 10.1 Å². The second-order valence-electron chi connectivity index (χ2n) is 3.31. The van der Waals surface area contributed by atoms with Crippen LogP contribution in [0.25, 0.3) is 0 Å². The first-order valence-corrected chi connectivity index (χ1v) is 5.93. The molecule has 0 bridgehead atoms. The van der Waals surface area contributed by atoms with Crippen LogP contribution in [0.1, 0.15) is 10.4 Å². The van der Waals surface area contributed by atoms with Gasteiger partial charge in [-0.05, 0) is 12.1 Å². The van der Waals surface area contributed by atoms with Crippen molar-refractivity contribution in [3.63, 3.8) is 0 Å². The van der Waals surface area contributed by atoms with Crippen molar-refractivity contribution >= 4 is 17.6 Å². The number of carbonyl (C=O) groups is 1. The van der Waals surface area contributed by atoms with Crippen LogP contribution >= 0.6 is 11.6 Å². The Balaban J connectivity index is 2.67. The van der Waals surface area contributed by atoms with E-state index in [1.54, 1.807) is 0 Å². The summed E-state index contributed by atoms with van der Waals surface area (Å²) in [4.78, 5) is 25.6. The van der Waals surface area contributed by atoms with Crippen molar-refractivity contribution < 1.29 is 28.9 Å². The standard InChI is InChI=1S/C11H12ClNO7/c1-17-10-6-8(18-4-5-20-13(15)16)2-3-9(10)11(14)19-7-12/h2-3,6H,4-5,7H2,1H3. The molecule has 0 aliphatic rings. The number of ether oxygens (including phenoxy) is 3. The van der Waals surface area contributed by atoms with Gasteiger partial charge < -0.3 is 19.0 Å². The highest BCUT2D eigenvalue weighted by atomic mass is 35.5. The van der Waals surface area contributed by atoms with Gasteiger partial charge in [-0.3, -0.25) is 0 Å². The first-order valence-electron chi connectivity index (χ1n) is 5.39. The molecule has 0 aliphatic carbocycles. The van der Waals surface area contributed by atoms with Gasteiger partial charge >= 0.3 is 5.97 Å². The molecule has 0 N–H and O–H groups in total. The lowest BCUT2D eigenvalue weighted by molar-refractivity contribution is -0.757. The van der Waals surface area contributed by atoms with E-state index < -0.39 is 11.1 Å². The monoisotopic (exact) mass is 305 g/mol. The van der Waals surface area contributed by atoms with Crippen LogP contribution in [0.5, 0.6) is 11.5 Å². The van der Waals surface area contributed by atoms with E-state index >= 15 is 0 Å². The maximum Gasteiger partial charge on any atom is 0.343 e. The van der Waals surface area contributed by atoms with E-state index in [1.165, 1.54) is 25.3 Å². The third-order valence-electron chi connectivity index (χ3n) is 2.13. The first-order chi connectivity index (χ1) is 9.58. The minimum Gasteiger partial charge on any atom is -0.496 e. The number of alkyl halides is 1. The molecule has 0 amide bonds. The smallest absolute Gasteiger partial charge is 0.343 e. The van der Waals surface area contributed by atoms with Crippen molar-refractivity contribution in [2.75, 3.05) is 26.4 Å². The average molecular weight is 306 g/mol. The fourth-order valence-corrected chi connectivity index (χ4v) is 1.43. The van der Waals surface area contributed by atoms with Crippen molar-refractivity contribution in [3.05, 3.63) is 33.9 Å². The van der Waals surface area contributed by atoms with E-state index in [1.807, 2.05) is 0 Å². The number of hydrogen-bond donors (Lipinski definition) is 0. The van der Waals surface area contributed by atoms with Crippen molar-refractivity contribution in [1.82, 2.24) is 0 Å². The maximum atomic E-state index is 11.5. The molecule has 0 fully saturated rings. The van der Waals surface area contributed by atoms with Crippen LogP contribution in [0, 0.1) is 10.1 Å². The Kier molecular flexibility index (Phi) is 6.38. The van der Waals surface area contributed by atoms with E-state index in [9.17, 15) is 14.9 Å². The Morgan fingerprint density at radius 1 is 1.40 bits per heavy atom. The number of esters is 1. The Morgan fingerprint density at radius 2 is 2.15 bits per heavy atom. The Morgan fingerprint density at radius 3 is 2.75 bits per heavy atom. The van der Waals surface area contributed by atoms with Crippen LogP contribution in [0.4, 0.5) is 0 Å². The summed E-state index contributed by atoms with van der Waals surface area (Å²) in [7, 11) is 1.38. The number of rotatable bonds is 8. The highest BCUT2D eigenvalue weighted by Gasteiger charge is 2.14. The molecule has 20 heavy (non-hydrogen) atoms. The zero-order valence-electron chi connectivity index (χ0n) is 10.5. The number of nitrogens with zero attached hydrogens (tertiary/aromatic N) is 1. The summed E-state index contributed by atoms with van der Waals surface area (Å²) in [5.74, 6) is -0.0101. The molecule has 0 heterocycles. The van der Waals surface area contributed by atoms with Crippen molar-refractivity contribution in [3.8, 4) is 11.5 Å². The quantitative estimate of drug-likeness (QED) is 0.237. The maximum absolute atomic E-state index is 11.5. The summed E-state index contributed by atoms with van der Waals surface area (Å²) in [5, 5.41) is 9.03. The van der Waals surface area contributed by atoms with E-state index in [0.717, 1.165) is 0 Å². The fourth-order valence-electron chi connectivity index (χ4n) is 1.33. The lowest BCUT2D eigenvalue weighted by atomic mass is 10.2. The van der Waals surface area contributed by atoms with E-state index in [4.69, 9.17) is 21.1 Å². The summed E-state index contributed by atoms with van der Waals surface area (Å²) < 4.78 is 14.9. The molecule has 0 aromatic heterocycles. The molecule has 1 aromatic rings. The van der Waals surface area contributed by atoms with Gasteiger partial charge in [-0.1, -0.05) is 11.6 Å². The van der Waals surface area contributed by atoms with Gasteiger partial charge in [-0.2, -0.15) is 0 Å². The molecular weight excluding hydrogens is 294 g/mol. The average Bonchev–Trinajstić information content (AvgIpc) is 2.43. The minimum atomic E-state index is -0.908. The molecule has 8 nitrogen and oxygen atoms in total. The summed E-state index contributed by atoms with van der Waals surface area (Å²) in [6.45, 7) is -0.221. The molecule has 0 atom stereocenters. The molecule has 1 rings (SSSR count). The molecule has 110 valence electrons. The molecular formula is C11H12ClNO7. The normalized spacial score (nSPS) is 9.70. The Labute approximate surface area is 119 Å². The molecule has 0 saturated carbocycles. The molecule has 0 spiro atoms. The van der Waals surface area contributed by atoms with Crippen LogP contribution in [0.15, 0.2) is 18.2 Å². The van der Waals surface area contributed by atoms with Crippen LogP contribution in [-0.4, -0.2) is 37.4 Å². The third-order valence-corrected chi connectivity index (χ3v) is 2.24. The van der Waals surface area contributed by atoms with Gasteiger partial charge in [0.15, 0.2) is 6.07 Å². The molecule has 0 saturated heterocycles. The topological polar surface area (TPSA) is 97.1 Å². The Bertz CT molecular complexity index is 480. The predicted octanol–water partition coefficient (Wildman–Crippen LogP) is 1.64. The van der Waals surface area contributed by atoms with Crippen LogP contribution in [0.2, 0.25) is 0 Å². The number of halogens is 1. The van der Waals surface area contributed by atoms with Gasteiger partial charge in [0.2, 0.25) is 0 Å². The van der Waals surface area contributed by atoms with Crippen molar-refractivity contribution in [2.45, 2.75) is 0 Å². The lowest BCUT2D eigenvalue weighted by Crippen LogP contribution is -2.11. The van der Waals surface area contributed by atoms with E-state index in [-0.39, 0.29) is 30.6 Å². The number of carbonyl (C=O) groups excluding carboxylic acids is 1. The number of methoxy groups -OCH3 is 1. The van der Waals surface area contributed by atoms with E-state index in [2.05, 4.69) is 9.57 Å². The van der Waals surface area contributed by atoms with Crippen molar-refractivity contribution in [2.24, 2.45) is 0 Å². The fraction of sp³-hybridized carbons (Fsp3) is 0.364. The van der Waals surface area contributed by atoms with Gasteiger partial charge in [0, 0.05) is 6.07 Å². The second kappa shape index (κ2) is 8.05. The minimum absolute atomic E-state index is 0.0182. The third kappa shape index (κ3) is 4.81. The van der Waals surface area contributed by atoms with Gasteiger partial charge in [0.05, 0.1) is 7.11 Å². The summed E-state index contributed by atoms with van der Waals surface area (Å²) >= 11 is 5.31. The van der Waals surface area contributed by atoms with Gasteiger partial charge in [0.25, 0.3) is 5.09 Å². The van der Waals surface area contributed by atoms with Gasteiger partial charge in [0.1, 0.15) is 30.3 Å². The zero-order chi connectivity index (χ0) is 15.0. The molecule has 0 aliphatic heterocycles. The number of hydrogen-bond acceptors (Lipinski definition) is 7. The summed E-state index contributed by atoms with van der Waals surface area (Å²) in [5.41, 5.74) is 0.196. The van der Waals surface area contributed by atoms with Crippen LogP contribution in [0.3, 0.4) is 0 Å². The predicted molar refractivity (Wildman–Crippen MR) is 67.6 cm³/mol. The van der Waals surface area contributed by atoms with Crippen LogP contribution < -0.4 is 9.47 Å². The highest BCUT2D eigenvalue weighted by molar-refractivity contribution is 6.17. The lowest BCUT2D eigenvalue weighted by Gasteiger charge is -2.10. The second-order valence-corrected chi connectivity index (χ2v) is 3.53. The summed E-state index contributed by atoms with van der Waals surface area (Å²) in [6.07, 6.45) is 0. The Hall–Kier alpha value is -2.22. The molecule has 1 aromatic carbocycles. The molecule has 9 heteroatoms. The van der Waals surface area contributed by atoms with Crippen LogP contribution in [-0.2, 0) is 9.57 Å². The highest BCUT2D eigenvalue weighted by Crippen LogP contribution is 2.25. The zero-order valence-corrected chi connectivity index (χ0v) is 11.3.